The monoisotopic (exact) mass is 388 g/mol. The van der Waals surface area contributed by atoms with Crippen molar-refractivity contribution in [2.75, 3.05) is 52.4 Å². The molecule has 154 valence electrons. The molecular formula is C20H32N6O2. The Kier molecular flexibility index (Phi) is 8.38. The first-order chi connectivity index (χ1) is 13.8. The van der Waals surface area contributed by atoms with Gasteiger partial charge in [-0.05, 0) is 41.5 Å². The fraction of sp³-hybridized carbons (Fsp3) is 0.600. The second kappa shape index (κ2) is 11.2. The summed E-state index contributed by atoms with van der Waals surface area (Å²) in [5.41, 5.74) is 6.78. The van der Waals surface area contributed by atoms with Crippen LogP contribution in [0.1, 0.15) is 12.8 Å². The minimum absolute atomic E-state index is 0.00957. The molecule has 0 spiro atoms. The summed E-state index contributed by atoms with van der Waals surface area (Å²) in [6, 6.07) is 1.65. The predicted octanol–water partition coefficient (Wildman–Crippen LogP) is -2.58. The van der Waals surface area contributed by atoms with Gasteiger partial charge < -0.3 is 31.7 Å². The quantitative estimate of drug-likeness (QED) is 0.359. The Morgan fingerprint density at radius 3 is 2.64 bits per heavy atom. The fourth-order valence-electron chi connectivity index (χ4n) is 3.62. The first kappa shape index (κ1) is 20.9. The van der Waals surface area contributed by atoms with Crippen LogP contribution in [0.25, 0.3) is 11.6 Å². The topological polar surface area (TPSA) is 113 Å². The van der Waals surface area contributed by atoms with Crippen LogP contribution in [0.15, 0.2) is 18.5 Å². The fourth-order valence-corrected chi connectivity index (χ4v) is 3.62. The lowest BCUT2D eigenvalue weighted by Gasteiger charge is -2.25. The van der Waals surface area contributed by atoms with Crippen LogP contribution in [0, 0.1) is 0 Å². The number of fused-ring (bicyclic) bond motifs is 2. The summed E-state index contributed by atoms with van der Waals surface area (Å²) in [6.07, 6.45) is 7.31. The molecule has 8 nitrogen and oxygen atoms in total. The molecule has 1 amide bonds. The molecule has 2 atom stereocenters. The molecular weight excluding hydrogens is 356 g/mol. The number of rotatable bonds is 1. The molecule has 1 fully saturated rings. The van der Waals surface area contributed by atoms with E-state index in [4.69, 9.17) is 10.5 Å². The van der Waals surface area contributed by atoms with Crippen LogP contribution in [0.4, 0.5) is 0 Å². The summed E-state index contributed by atoms with van der Waals surface area (Å²) >= 11 is 0. The standard InChI is InChI=1S/C20H32N6O2/c21-20(27)18-4-6-22-7-8-23-9-10-24-11-12-28-19-2-1-15-13-25-5-3-16(15)17(19)14-26-18/h1,3,5,13,18-19,22-24,26H,2,4,6-12,14H2,(H2,21,27). The summed E-state index contributed by atoms with van der Waals surface area (Å²) in [5.74, 6) is -0.322. The van der Waals surface area contributed by atoms with Crippen LogP contribution >= 0.6 is 0 Å². The van der Waals surface area contributed by atoms with E-state index in [0.717, 1.165) is 61.7 Å². The van der Waals surface area contributed by atoms with Gasteiger partial charge in [0.25, 0.3) is 0 Å². The van der Waals surface area contributed by atoms with Crippen molar-refractivity contribution in [3.8, 4) is 0 Å². The number of hydrogen-bond acceptors (Lipinski definition) is 7. The number of amides is 1. The van der Waals surface area contributed by atoms with E-state index in [0.29, 0.717) is 19.6 Å². The second-order valence-corrected chi connectivity index (χ2v) is 7.16. The van der Waals surface area contributed by atoms with Crippen LogP contribution in [0.5, 0.6) is 0 Å². The molecule has 3 rings (SSSR count). The van der Waals surface area contributed by atoms with Crippen LogP contribution < -0.4 is 37.4 Å². The highest BCUT2D eigenvalue weighted by molar-refractivity contribution is 5.80. The molecule has 1 saturated heterocycles. The molecule has 0 radical (unpaired) electrons. The lowest BCUT2D eigenvalue weighted by Crippen LogP contribution is -2.47. The number of carbonyl (C=O) groups is 1. The summed E-state index contributed by atoms with van der Waals surface area (Å²) in [6.45, 7) is 6.35. The Balaban J connectivity index is 1.77. The van der Waals surface area contributed by atoms with Gasteiger partial charge in [-0.1, -0.05) is 6.08 Å². The SMILES string of the molecule is NC(=O)C1CCNCCNCCNCCOC2CC=c3cnccc3=C2CN1. The maximum atomic E-state index is 11.9. The maximum Gasteiger partial charge on any atom is 0.234 e. The highest BCUT2D eigenvalue weighted by atomic mass is 16.5. The Labute approximate surface area is 166 Å². The Hall–Kier alpha value is -1.84. The molecule has 6 N–H and O–H groups in total. The zero-order valence-corrected chi connectivity index (χ0v) is 16.4. The molecule has 2 unspecified atom stereocenters. The number of carbonyl (C=O) groups excluding carboxylic acids is 1. The number of ether oxygens (including phenoxy) is 1. The molecule has 1 aliphatic heterocycles. The maximum absolute atomic E-state index is 11.9. The number of pyridine rings is 1. The smallest absolute Gasteiger partial charge is 0.234 e. The average molecular weight is 389 g/mol. The lowest BCUT2D eigenvalue weighted by atomic mass is 9.97. The number of nitrogens with one attached hydrogen (secondary N) is 4. The minimum Gasteiger partial charge on any atom is -0.372 e. The van der Waals surface area contributed by atoms with E-state index in [1.54, 1.807) is 6.20 Å². The van der Waals surface area contributed by atoms with Crippen molar-refractivity contribution in [2.24, 2.45) is 5.73 Å². The zero-order chi connectivity index (χ0) is 19.6. The van der Waals surface area contributed by atoms with Gasteiger partial charge in [0.05, 0.1) is 18.8 Å². The van der Waals surface area contributed by atoms with Gasteiger partial charge in [-0.25, -0.2) is 0 Å². The average Bonchev–Trinajstić information content (AvgIpc) is 2.71. The highest BCUT2D eigenvalue weighted by Crippen LogP contribution is 2.14. The highest BCUT2D eigenvalue weighted by Gasteiger charge is 2.21. The van der Waals surface area contributed by atoms with Crippen molar-refractivity contribution in [3.05, 3.63) is 28.9 Å². The van der Waals surface area contributed by atoms with Gasteiger partial charge in [0.1, 0.15) is 0 Å². The predicted molar refractivity (Wildman–Crippen MR) is 110 cm³/mol. The molecule has 0 saturated carbocycles. The number of nitrogens with two attached hydrogens (primary N) is 1. The second-order valence-electron chi connectivity index (χ2n) is 7.16. The van der Waals surface area contributed by atoms with E-state index in [9.17, 15) is 4.79 Å². The number of primary amides is 1. The molecule has 1 aliphatic carbocycles. The Bertz CT molecular complexity index is 753. The molecule has 0 bridgehead atoms. The van der Waals surface area contributed by atoms with Gasteiger partial charge in [0, 0.05) is 51.7 Å². The summed E-state index contributed by atoms with van der Waals surface area (Å²) in [7, 11) is 0. The van der Waals surface area contributed by atoms with Crippen LogP contribution in [-0.4, -0.2) is 75.5 Å². The molecule has 1 aromatic rings. The number of aromatic nitrogens is 1. The van der Waals surface area contributed by atoms with Crippen molar-refractivity contribution in [2.45, 2.75) is 25.0 Å². The van der Waals surface area contributed by atoms with E-state index in [1.165, 1.54) is 0 Å². The van der Waals surface area contributed by atoms with Crippen LogP contribution in [0.2, 0.25) is 0 Å². The van der Waals surface area contributed by atoms with Gasteiger partial charge in [0.2, 0.25) is 5.91 Å². The van der Waals surface area contributed by atoms with E-state index in [2.05, 4.69) is 32.3 Å². The van der Waals surface area contributed by atoms with Crippen molar-refractivity contribution in [1.29, 1.82) is 0 Å². The largest absolute Gasteiger partial charge is 0.372 e. The summed E-state index contributed by atoms with van der Waals surface area (Å²) in [4.78, 5) is 16.1. The molecule has 2 aliphatic rings. The third-order valence-electron chi connectivity index (χ3n) is 5.19. The minimum atomic E-state index is -0.373. The van der Waals surface area contributed by atoms with E-state index >= 15 is 0 Å². The van der Waals surface area contributed by atoms with E-state index in [-0.39, 0.29) is 18.1 Å². The molecule has 28 heavy (non-hydrogen) atoms. The first-order valence-corrected chi connectivity index (χ1v) is 10.2. The van der Waals surface area contributed by atoms with Gasteiger partial charge in [-0.15, -0.1) is 0 Å². The lowest BCUT2D eigenvalue weighted by molar-refractivity contribution is -0.120. The zero-order valence-electron chi connectivity index (χ0n) is 16.4. The first-order valence-electron chi connectivity index (χ1n) is 10.2. The normalized spacial score (nSPS) is 25.6. The third-order valence-corrected chi connectivity index (χ3v) is 5.19. The Morgan fingerprint density at radius 1 is 1.11 bits per heavy atom. The van der Waals surface area contributed by atoms with Gasteiger partial charge in [-0.2, -0.15) is 0 Å². The molecule has 1 aromatic heterocycles. The number of hydrogen-bond donors (Lipinski definition) is 5. The summed E-state index contributed by atoms with van der Waals surface area (Å²) in [5, 5.41) is 15.8. The van der Waals surface area contributed by atoms with Crippen LogP contribution in [-0.2, 0) is 9.53 Å². The summed E-state index contributed by atoms with van der Waals surface area (Å²) < 4.78 is 6.18. The van der Waals surface area contributed by atoms with Crippen molar-refractivity contribution >= 4 is 17.6 Å². The van der Waals surface area contributed by atoms with Crippen molar-refractivity contribution in [1.82, 2.24) is 26.3 Å². The molecule has 2 heterocycles. The van der Waals surface area contributed by atoms with Gasteiger partial charge in [0.15, 0.2) is 0 Å². The molecule has 8 heteroatoms. The van der Waals surface area contributed by atoms with Gasteiger partial charge in [-0.3, -0.25) is 9.78 Å². The van der Waals surface area contributed by atoms with E-state index < -0.39 is 0 Å². The third kappa shape index (κ3) is 6.08. The van der Waals surface area contributed by atoms with Crippen molar-refractivity contribution in [3.63, 3.8) is 0 Å². The van der Waals surface area contributed by atoms with Crippen molar-refractivity contribution < 1.29 is 9.53 Å². The Morgan fingerprint density at radius 2 is 1.86 bits per heavy atom. The van der Waals surface area contributed by atoms with E-state index in [1.807, 2.05) is 12.3 Å². The number of nitrogens with zero attached hydrogens (tertiary/aromatic N) is 1. The molecule has 0 aromatic carbocycles. The van der Waals surface area contributed by atoms with Gasteiger partial charge >= 0.3 is 0 Å². The van der Waals surface area contributed by atoms with Crippen LogP contribution in [0.3, 0.4) is 0 Å².